The highest BCUT2D eigenvalue weighted by Gasteiger charge is 2.19. The van der Waals surface area contributed by atoms with Crippen molar-refractivity contribution in [2.24, 2.45) is 0 Å². The van der Waals surface area contributed by atoms with E-state index in [0.29, 0.717) is 19.6 Å². The molecule has 1 amide bonds. The molecule has 0 spiro atoms. The first-order valence-electron chi connectivity index (χ1n) is 9.12. The van der Waals surface area contributed by atoms with Crippen molar-refractivity contribution in [3.8, 4) is 11.5 Å². The van der Waals surface area contributed by atoms with Gasteiger partial charge in [0.15, 0.2) is 0 Å². The Labute approximate surface area is 170 Å². The fourth-order valence-corrected chi connectivity index (χ4v) is 2.93. The molecule has 1 atom stereocenters. The van der Waals surface area contributed by atoms with Crippen LogP contribution in [0.15, 0.2) is 48.5 Å². The van der Waals surface area contributed by atoms with Gasteiger partial charge in [0.25, 0.3) is 5.91 Å². The van der Waals surface area contributed by atoms with E-state index in [1.54, 1.807) is 0 Å². The highest BCUT2D eigenvalue weighted by atomic mass is 32.2. The summed E-state index contributed by atoms with van der Waals surface area (Å²) in [6.45, 7) is 2.89. The van der Waals surface area contributed by atoms with Gasteiger partial charge in [0, 0.05) is 25.7 Å². The molecule has 152 valence electrons. The Morgan fingerprint density at radius 3 is 2.29 bits per heavy atom. The largest absolute Gasteiger partial charge is 0.493 e. The second kappa shape index (κ2) is 12.3. The summed E-state index contributed by atoms with van der Waals surface area (Å²) in [7, 11) is 1.40. The van der Waals surface area contributed by atoms with E-state index in [1.807, 2.05) is 61.7 Å². The zero-order valence-corrected chi connectivity index (χ0v) is 17.3. The maximum Gasteiger partial charge on any atom is 0.272 e. The third kappa shape index (κ3) is 7.42. The van der Waals surface area contributed by atoms with Crippen molar-refractivity contribution >= 4 is 17.9 Å². The van der Waals surface area contributed by atoms with E-state index < -0.39 is 6.10 Å². The van der Waals surface area contributed by atoms with E-state index in [0.717, 1.165) is 23.5 Å². The van der Waals surface area contributed by atoms with Crippen LogP contribution in [0.1, 0.15) is 18.1 Å². The van der Waals surface area contributed by atoms with Gasteiger partial charge in [0.2, 0.25) is 0 Å². The molecule has 1 unspecified atom stereocenters. The normalized spacial score (nSPS) is 11.7. The average Bonchev–Trinajstić information content (AvgIpc) is 2.70. The molecule has 0 saturated heterocycles. The molecule has 0 aliphatic carbocycles. The van der Waals surface area contributed by atoms with Crippen LogP contribution in [0.2, 0.25) is 0 Å². The quantitative estimate of drug-likeness (QED) is 0.430. The van der Waals surface area contributed by atoms with E-state index in [-0.39, 0.29) is 5.91 Å². The molecule has 2 rings (SSSR count). The van der Waals surface area contributed by atoms with Crippen LogP contribution in [-0.2, 0) is 27.2 Å². The SMILES string of the molecule is CCOC(Cc1ccc(OCCc2ccc(OSC)cc2)cc1)C(=O)NOC. The number of ether oxygens (including phenoxy) is 2. The number of hydroxylamine groups is 1. The van der Waals surface area contributed by atoms with Gasteiger partial charge in [-0.3, -0.25) is 9.63 Å². The summed E-state index contributed by atoms with van der Waals surface area (Å²) in [6, 6.07) is 15.7. The molecule has 0 aliphatic heterocycles. The molecule has 2 aromatic rings. The van der Waals surface area contributed by atoms with Crippen molar-refractivity contribution in [2.75, 3.05) is 26.6 Å². The number of carbonyl (C=O) groups is 1. The van der Waals surface area contributed by atoms with Gasteiger partial charge in [0.1, 0.15) is 17.6 Å². The van der Waals surface area contributed by atoms with Gasteiger partial charge < -0.3 is 13.7 Å². The van der Waals surface area contributed by atoms with Crippen molar-refractivity contribution in [1.82, 2.24) is 5.48 Å². The third-order valence-electron chi connectivity index (χ3n) is 3.97. The Balaban J connectivity index is 1.82. The van der Waals surface area contributed by atoms with E-state index >= 15 is 0 Å². The zero-order chi connectivity index (χ0) is 20.2. The molecule has 7 heteroatoms. The van der Waals surface area contributed by atoms with E-state index in [2.05, 4.69) is 10.3 Å². The van der Waals surface area contributed by atoms with Crippen LogP contribution in [-0.4, -0.2) is 38.6 Å². The first kappa shape index (κ1) is 22.1. The predicted molar refractivity (Wildman–Crippen MR) is 110 cm³/mol. The topological polar surface area (TPSA) is 66.0 Å². The Morgan fingerprint density at radius 1 is 1.04 bits per heavy atom. The lowest BCUT2D eigenvalue weighted by Gasteiger charge is -2.16. The molecular weight excluding hydrogens is 378 g/mol. The highest BCUT2D eigenvalue weighted by molar-refractivity contribution is 7.94. The number of carbonyl (C=O) groups excluding carboxylic acids is 1. The molecule has 0 radical (unpaired) electrons. The number of benzene rings is 2. The fraction of sp³-hybridized carbons (Fsp3) is 0.381. The van der Waals surface area contributed by atoms with Crippen LogP contribution in [0.4, 0.5) is 0 Å². The maximum atomic E-state index is 11.9. The van der Waals surface area contributed by atoms with Crippen LogP contribution in [0, 0.1) is 0 Å². The lowest BCUT2D eigenvalue weighted by Crippen LogP contribution is -2.37. The summed E-state index contributed by atoms with van der Waals surface area (Å²) < 4.78 is 16.7. The number of hydrogen-bond acceptors (Lipinski definition) is 6. The Kier molecular flexibility index (Phi) is 9.68. The average molecular weight is 406 g/mol. The van der Waals surface area contributed by atoms with Crippen molar-refractivity contribution < 1.29 is 23.3 Å². The smallest absolute Gasteiger partial charge is 0.272 e. The van der Waals surface area contributed by atoms with Crippen LogP contribution < -0.4 is 14.4 Å². The molecule has 2 aromatic carbocycles. The molecule has 28 heavy (non-hydrogen) atoms. The molecule has 0 aromatic heterocycles. The first-order valence-corrected chi connectivity index (χ1v) is 10.3. The van der Waals surface area contributed by atoms with Crippen molar-refractivity contribution in [3.05, 3.63) is 59.7 Å². The highest BCUT2D eigenvalue weighted by Crippen LogP contribution is 2.17. The Morgan fingerprint density at radius 2 is 1.68 bits per heavy atom. The fourth-order valence-electron chi connectivity index (χ4n) is 2.63. The third-order valence-corrected chi connectivity index (χ3v) is 4.33. The maximum absolute atomic E-state index is 11.9. The van der Waals surface area contributed by atoms with Crippen LogP contribution >= 0.6 is 12.0 Å². The predicted octanol–water partition coefficient (Wildman–Crippen LogP) is 3.59. The van der Waals surface area contributed by atoms with Gasteiger partial charge in [-0.15, -0.1) is 0 Å². The standard InChI is InChI=1S/C21H27NO5S/c1-4-25-20(21(23)22-24-2)15-17-7-9-18(10-8-17)26-14-13-16-5-11-19(12-6-16)27-28-3/h5-12,20H,4,13-15H2,1-3H3,(H,22,23). The summed E-state index contributed by atoms with van der Waals surface area (Å²) >= 11 is 1.33. The lowest BCUT2D eigenvalue weighted by molar-refractivity contribution is -0.143. The number of hydrogen-bond donors (Lipinski definition) is 1. The van der Waals surface area contributed by atoms with E-state index in [4.69, 9.17) is 13.7 Å². The van der Waals surface area contributed by atoms with Crippen LogP contribution in [0.5, 0.6) is 11.5 Å². The lowest BCUT2D eigenvalue weighted by atomic mass is 10.1. The summed E-state index contributed by atoms with van der Waals surface area (Å²) in [5.41, 5.74) is 4.49. The summed E-state index contributed by atoms with van der Waals surface area (Å²) in [6.07, 6.45) is 2.58. The number of amides is 1. The summed E-state index contributed by atoms with van der Waals surface area (Å²) in [4.78, 5) is 16.6. The van der Waals surface area contributed by atoms with Crippen molar-refractivity contribution in [3.63, 3.8) is 0 Å². The molecule has 1 N–H and O–H groups in total. The van der Waals surface area contributed by atoms with Gasteiger partial charge in [-0.1, -0.05) is 24.3 Å². The van der Waals surface area contributed by atoms with E-state index in [1.165, 1.54) is 24.7 Å². The summed E-state index contributed by atoms with van der Waals surface area (Å²) in [5.74, 6) is 1.34. The molecule has 6 nitrogen and oxygen atoms in total. The zero-order valence-electron chi connectivity index (χ0n) is 16.5. The first-order chi connectivity index (χ1) is 13.7. The molecular formula is C21H27NO5S. The molecule has 0 saturated carbocycles. The van der Waals surface area contributed by atoms with E-state index in [9.17, 15) is 4.79 Å². The van der Waals surface area contributed by atoms with Crippen LogP contribution in [0.3, 0.4) is 0 Å². The monoisotopic (exact) mass is 405 g/mol. The van der Waals surface area contributed by atoms with Gasteiger partial charge in [-0.2, -0.15) is 0 Å². The Bertz CT molecular complexity index is 706. The molecule has 0 fully saturated rings. The van der Waals surface area contributed by atoms with Gasteiger partial charge >= 0.3 is 0 Å². The van der Waals surface area contributed by atoms with Gasteiger partial charge in [-0.05, 0) is 42.3 Å². The molecule has 0 aliphatic rings. The second-order valence-corrected chi connectivity index (χ2v) is 6.45. The van der Waals surface area contributed by atoms with Crippen molar-refractivity contribution in [1.29, 1.82) is 0 Å². The van der Waals surface area contributed by atoms with Gasteiger partial charge in [-0.25, -0.2) is 5.48 Å². The Hall–Kier alpha value is -2.22. The number of rotatable bonds is 12. The second-order valence-electron chi connectivity index (χ2n) is 5.95. The minimum absolute atomic E-state index is 0.293. The van der Waals surface area contributed by atoms with Crippen molar-refractivity contribution in [2.45, 2.75) is 25.9 Å². The summed E-state index contributed by atoms with van der Waals surface area (Å²) in [5, 5.41) is 0. The van der Waals surface area contributed by atoms with Gasteiger partial charge in [0.05, 0.1) is 25.8 Å². The minimum Gasteiger partial charge on any atom is -0.493 e. The molecule has 0 bridgehead atoms. The molecule has 0 heterocycles. The number of nitrogens with one attached hydrogen (secondary N) is 1. The minimum atomic E-state index is -0.588. The van der Waals surface area contributed by atoms with Crippen LogP contribution in [0.25, 0.3) is 0 Å².